The van der Waals surface area contributed by atoms with E-state index in [-0.39, 0.29) is 16.1 Å². The van der Waals surface area contributed by atoms with E-state index in [1.54, 1.807) is 16.7 Å². The first-order chi connectivity index (χ1) is 9.72. The lowest BCUT2D eigenvalue weighted by molar-refractivity contribution is -0.384. The van der Waals surface area contributed by atoms with Crippen LogP contribution in [0.5, 0.6) is 0 Å². The molecule has 0 bridgehead atoms. The van der Waals surface area contributed by atoms with Gasteiger partial charge in [0, 0.05) is 10.9 Å². The Kier molecular flexibility index (Phi) is 4.08. The second-order valence-electron chi connectivity index (χ2n) is 6.07. The summed E-state index contributed by atoms with van der Waals surface area (Å²) < 4.78 is 0. The standard InChI is InChI=1S/C15H22N2O2S/c18-17(19)13-11-14(20-12-13)15(7-3-1-4-8-15)16-9-5-2-6-10-16/h11-12H,1-10H2. The molecule has 20 heavy (non-hydrogen) atoms. The van der Waals surface area contributed by atoms with Gasteiger partial charge < -0.3 is 0 Å². The summed E-state index contributed by atoms with van der Waals surface area (Å²) in [6, 6.07) is 1.84. The second-order valence-corrected chi connectivity index (χ2v) is 6.98. The molecule has 1 saturated carbocycles. The molecule has 110 valence electrons. The maximum atomic E-state index is 11.0. The number of nitro groups is 1. The Hall–Kier alpha value is -0.940. The van der Waals surface area contributed by atoms with E-state index in [0.29, 0.717) is 0 Å². The highest BCUT2D eigenvalue weighted by molar-refractivity contribution is 7.10. The first kappa shape index (κ1) is 14.0. The van der Waals surface area contributed by atoms with Gasteiger partial charge in [-0.05, 0) is 38.8 Å². The maximum absolute atomic E-state index is 11.0. The fourth-order valence-corrected chi connectivity index (χ4v) is 4.99. The van der Waals surface area contributed by atoms with E-state index in [2.05, 4.69) is 4.90 Å². The van der Waals surface area contributed by atoms with Crippen LogP contribution >= 0.6 is 11.3 Å². The fraction of sp³-hybridized carbons (Fsp3) is 0.733. The third kappa shape index (κ3) is 2.49. The van der Waals surface area contributed by atoms with Gasteiger partial charge >= 0.3 is 0 Å². The van der Waals surface area contributed by atoms with Crippen molar-refractivity contribution >= 4 is 17.0 Å². The summed E-state index contributed by atoms with van der Waals surface area (Å²) >= 11 is 1.59. The number of nitrogens with zero attached hydrogens (tertiary/aromatic N) is 2. The highest BCUT2D eigenvalue weighted by atomic mass is 32.1. The predicted molar refractivity (Wildman–Crippen MR) is 81.2 cm³/mol. The normalized spacial score (nSPS) is 23.6. The second kappa shape index (κ2) is 5.82. The van der Waals surface area contributed by atoms with Crippen LogP contribution in [0.3, 0.4) is 0 Å². The molecule has 0 N–H and O–H groups in total. The van der Waals surface area contributed by atoms with Gasteiger partial charge in [0.05, 0.1) is 15.8 Å². The average molecular weight is 294 g/mol. The molecule has 5 heteroatoms. The zero-order valence-corrected chi connectivity index (χ0v) is 12.7. The van der Waals surface area contributed by atoms with E-state index >= 15 is 0 Å². The van der Waals surface area contributed by atoms with Crippen LogP contribution in [0, 0.1) is 10.1 Å². The summed E-state index contributed by atoms with van der Waals surface area (Å²) in [5.74, 6) is 0. The molecule has 0 spiro atoms. The van der Waals surface area contributed by atoms with E-state index in [4.69, 9.17) is 0 Å². The third-order valence-corrected chi connectivity index (χ3v) is 6.01. The molecule has 0 aromatic carbocycles. The highest BCUT2D eigenvalue weighted by Gasteiger charge is 2.41. The van der Waals surface area contributed by atoms with Gasteiger partial charge in [-0.25, -0.2) is 0 Å². The van der Waals surface area contributed by atoms with Crippen LogP contribution in [-0.2, 0) is 5.54 Å². The van der Waals surface area contributed by atoms with E-state index in [0.717, 1.165) is 13.1 Å². The highest BCUT2D eigenvalue weighted by Crippen LogP contribution is 2.46. The van der Waals surface area contributed by atoms with E-state index in [9.17, 15) is 10.1 Å². The number of thiophene rings is 1. The lowest BCUT2D eigenvalue weighted by Crippen LogP contribution is -2.49. The lowest BCUT2D eigenvalue weighted by atomic mass is 9.78. The van der Waals surface area contributed by atoms with Gasteiger partial charge in [-0.15, -0.1) is 11.3 Å². The maximum Gasteiger partial charge on any atom is 0.280 e. The van der Waals surface area contributed by atoms with Crippen molar-refractivity contribution in [1.82, 2.24) is 4.90 Å². The smallest absolute Gasteiger partial charge is 0.280 e. The Morgan fingerprint density at radius 1 is 1.10 bits per heavy atom. The summed E-state index contributed by atoms with van der Waals surface area (Å²) in [5, 5.41) is 12.7. The van der Waals surface area contributed by atoms with Crippen LogP contribution < -0.4 is 0 Å². The van der Waals surface area contributed by atoms with Gasteiger partial charge in [0.1, 0.15) is 0 Å². The quantitative estimate of drug-likeness (QED) is 0.616. The van der Waals surface area contributed by atoms with Crippen molar-refractivity contribution in [3.63, 3.8) is 0 Å². The molecule has 0 unspecified atom stereocenters. The molecule has 2 aliphatic rings. The van der Waals surface area contributed by atoms with Crippen LogP contribution in [-0.4, -0.2) is 22.9 Å². The molecule has 4 nitrogen and oxygen atoms in total. The molecular weight excluding hydrogens is 272 g/mol. The fourth-order valence-electron chi connectivity index (χ4n) is 3.84. The number of hydrogen-bond donors (Lipinski definition) is 0. The molecule has 1 saturated heterocycles. The molecule has 1 aliphatic carbocycles. The van der Waals surface area contributed by atoms with Crippen molar-refractivity contribution < 1.29 is 4.92 Å². The minimum atomic E-state index is -0.257. The molecule has 0 atom stereocenters. The lowest BCUT2D eigenvalue weighted by Gasteiger charge is -2.47. The number of rotatable bonds is 3. The van der Waals surface area contributed by atoms with Crippen molar-refractivity contribution in [3.8, 4) is 0 Å². The van der Waals surface area contributed by atoms with Crippen LogP contribution in [0.2, 0.25) is 0 Å². The zero-order chi connectivity index (χ0) is 14.0. The van der Waals surface area contributed by atoms with Crippen molar-refractivity contribution in [2.75, 3.05) is 13.1 Å². The molecule has 0 amide bonds. The molecule has 2 fully saturated rings. The Morgan fingerprint density at radius 3 is 2.35 bits per heavy atom. The predicted octanol–water partition coefficient (Wildman–Crippen LogP) is 4.30. The monoisotopic (exact) mass is 294 g/mol. The molecule has 3 rings (SSSR count). The van der Waals surface area contributed by atoms with Crippen LogP contribution in [0.25, 0.3) is 0 Å². The van der Waals surface area contributed by atoms with Crippen LogP contribution in [0.4, 0.5) is 5.69 Å². The molecule has 1 aromatic heterocycles. The molecular formula is C15H22N2O2S. The first-order valence-electron chi connectivity index (χ1n) is 7.71. The van der Waals surface area contributed by atoms with Gasteiger partial charge in [-0.3, -0.25) is 15.0 Å². The molecule has 1 aliphatic heterocycles. The number of likely N-dealkylation sites (tertiary alicyclic amines) is 1. The van der Waals surface area contributed by atoms with E-state index in [1.807, 2.05) is 6.07 Å². The summed E-state index contributed by atoms with van der Waals surface area (Å²) in [7, 11) is 0. The number of piperidine rings is 1. The first-order valence-corrected chi connectivity index (χ1v) is 8.59. The van der Waals surface area contributed by atoms with Gasteiger partial charge in [-0.2, -0.15) is 0 Å². The van der Waals surface area contributed by atoms with Crippen molar-refractivity contribution in [1.29, 1.82) is 0 Å². The van der Waals surface area contributed by atoms with Gasteiger partial charge in [0.2, 0.25) is 0 Å². The molecule has 0 radical (unpaired) electrons. The summed E-state index contributed by atoms with van der Waals surface area (Å²) in [6.07, 6.45) is 10.0. The Balaban J connectivity index is 1.93. The summed E-state index contributed by atoms with van der Waals surface area (Å²) in [4.78, 5) is 14.6. The molecule has 2 heterocycles. The average Bonchev–Trinajstić information content (AvgIpc) is 2.99. The van der Waals surface area contributed by atoms with Crippen LogP contribution in [0.1, 0.15) is 56.2 Å². The largest absolute Gasteiger partial charge is 0.293 e. The minimum absolute atomic E-state index is 0.0948. The van der Waals surface area contributed by atoms with Gasteiger partial charge in [0.25, 0.3) is 5.69 Å². The van der Waals surface area contributed by atoms with Crippen molar-refractivity contribution in [2.45, 2.75) is 56.9 Å². The topological polar surface area (TPSA) is 46.4 Å². The minimum Gasteiger partial charge on any atom is -0.293 e. The Labute approximate surface area is 123 Å². The van der Waals surface area contributed by atoms with Crippen molar-refractivity contribution in [3.05, 3.63) is 26.4 Å². The van der Waals surface area contributed by atoms with Gasteiger partial charge in [0.15, 0.2) is 0 Å². The van der Waals surface area contributed by atoms with Crippen LogP contribution in [0.15, 0.2) is 11.4 Å². The Morgan fingerprint density at radius 2 is 1.75 bits per heavy atom. The van der Waals surface area contributed by atoms with Gasteiger partial charge in [-0.1, -0.05) is 25.7 Å². The number of hydrogen-bond acceptors (Lipinski definition) is 4. The Bertz CT molecular complexity index is 474. The van der Waals surface area contributed by atoms with Crippen molar-refractivity contribution in [2.24, 2.45) is 0 Å². The summed E-state index contributed by atoms with van der Waals surface area (Å²) in [6.45, 7) is 2.32. The van der Waals surface area contributed by atoms with E-state index in [1.165, 1.54) is 56.2 Å². The SMILES string of the molecule is O=[N+]([O-])c1csc(C2(N3CCCCC3)CCCCC2)c1. The summed E-state index contributed by atoms with van der Waals surface area (Å²) in [5.41, 5.74) is 0.365. The van der Waals surface area contributed by atoms with E-state index < -0.39 is 0 Å². The zero-order valence-electron chi connectivity index (χ0n) is 11.8. The third-order valence-electron chi connectivity index (χ3n) is 4.90. The molecule has 1 aromatic rings.